The lowest BCUT2D eigenvalue weighted by Crippen LogP contribution is -2.49. The van der Waals surface area contributed by atoms with E-state index in [2.05, 4.69) is 24.1 Å². The van der Waals surface area contributed by atoms with E-state index < -0.39 is 5.82 Å². The number of halogens is 2. The van der Waals surface area contributed by atoms with Crippen LogP contribution in [0.25, 0.3) is 0 Å². The largest absolute Gasteiger partial charge is 0.505 e. The van der Waals surface area contributed by atoms with Gasteiger partial charge in [0.05, 0.1) is 0 Å². The van der Waals surface area contributed by atoms with E-state index in [0.717, 1.165) is 42.0 Å². The molecule has 1 aliphatic heterocycles. The highest BCUT2D eigenvalue weighted by Gasteiger charge is 2.49. The van der Waals surface area contributed by atoms with Gasteiger partial charge in [-0.1, -0.05) is 30.2 Å². The summed E-state index contributed by atoms with van der Waals surface area (Å²) in [6.07, 6.45) is 4.20. The second-order valence-corrected chi connectivity index (χ2v) is 7.59. The Bertz CT molecular complexity index is 770. The van der Waals surface area contributed by atoms with E-state index in [9.17, 15) is 9.50 Å². The maximum atomic E-state index is 13.8. The number of phenolic OH excluding ortho intramolecular Hbond substituents is 1. The third-order valence-corrected chi connectivity index (χ3v) is 6.12. The molecule has 0 aromatic heterocycles. The summed E-state index contributed by atoms with van der Waals surface area (Å²) < 4.78 is 13.8. The molecule has 1 atom stereocenters. The minimum atomic E-state index is -0.522. The fourth-order valence-corrected chi connectivity index (χ4v) is 4.66. The Morgan fingerprint density at radius 3 is 2.54 bits per heavy atom. The summed E-state index contributed by atoms with van der Waals surface area (Å²) in [5, 5.41) is 10.7. The van der Waals surface area contributed by atoms with Gasteiger partial charge in [-0.3, -0.25) is 4.90 Å². The second-order valence-electron chi connectivity index (χ2n) is 7.15. The van der Waals surface area contributed by atoms with Crippen molar-refractivity contribution in [1.82, 2.24) is 4.90 Å². The zero-order valence-electron chi connectivity index (χ0n) is 13.7. The van der Waals surface area contributed by atoms with Gasteiger partial charge in [-0.2, -0.15) is 0 Å². The van der Waals surface area contributed by atoms with E-state index in [4.69, 9.17) is 11.6 Å². The van der Waals surface area contributed by atoms with Crippen LogP contribution in [0, 0.1) is 5.82 Å². The number of benzene rings is 2. The fourth-order valence-electron chi connectivity index (χ4n) is 4.53. The van der Waals surface area contributed by atoms with E-state index in [1.807, 2.05) is 12.1 Å². The summed E-state index contributed by atoms with van der Waals surface area (Å²) in [7, 11) is 2.13. The third kappa shape index (κ3) is 2.34. The highest BCUT2D eigenvalue weighted by atomic mass is 35.5. The average molecular weight is 346 g/mol. The lowest BCUT2D eigenvalue weighted by molar-refractivity contribution is 0.0714. The van der Waals surface area contributed by atoms with Crippen LogP contribution in [0.15, 0.2) is 36.4 Å². The van der Waals surface area contributed by atoms with Crippen molar-refractivity contribution in [2.75, 3.05) is 13.6 Å². The Morgan fingerprint density at radius 2 is 1.92 bits per heavy atom. The molecule has 24 heavy (non-hydrogen) atoms. The molecule has 1 heterocycles. The van der Waals surface area contributed by atoms with E-state index >= 15 is 0 Å². The van der Waals surface area contributed by atoms with Crippen LogP contribution in [0.5, 0.6) is 5.75 Å². The molecule has 2 aromatic carbocycles. The number of likely N-dealkylation sites (N-methyl/N-ethyl adjacent to an activating group) is 1. The van der Waals surface area contributed by atoms with Crippen molar-refractivity contribution in [3.05, 3.63) is 63.9 Å². The fraction of sp³-hybridized carbons (Fsp3) is 0.400. The topological polar surface area (TPSA) is 23.5 Å². The van der Waals surface area contributed by atoms with Crippen molar-refractivity contribution < 1.29 is 9.50 Å². The van der Waals surface area contributed by atoms with Gasteiger partial charge in [0, 0.05) is 23.0 Å². The minimum absolute atomic E-state index is 0.0127. The number of hydrogen-bond acceptors (Lipinski definition) is 2. The molecule has 126 valence electrons. The SMILES string of the molecule is CN1CCc2cc(F)c(O)cc2C1C1(c2ccc(Cl)cc2)CCC1. The lowest BCUT2D eigenvalue weighted by Gasteiger charge is -2.53. The summed E-state index contributed by atoms with van der Waals surface area (Å²) in [6.45, 7) is 0.900. The van der Waals surface area contributed by atoms with Gasteiger partial charge in [-0.15, -0.1) is 0 Å². The van der Waals surface area contributed by atoms with E-state index in [-0.39, 0.29) is 17.2 Å². The smallest absolute Gasteiger partial charge is 0.165 e. The highest BCUT2D eigenvalue weighted by Crippen LogP contribution is 2.56. The van der Waals surface area contributed by atoms with Crippen LogP contribution in [0.1, 0.15) is 42.0 Å². The van der Waals surface area contributed by atoms with Gasteiger partial charge in [0.2, 0.25) is 0 Å². The molecule has 0 saturated heterocycles. The van der Waals surface area contributed by atoms with Gasteiger partial charge < -0.3 is 5.11 Å². The molecule has 1 saturated carbocycles. The van der Waals surface area contributed by atoms with Crippen molar-refractivity contribution in [1.29, 1.82) is 0 Å². The third-order valence-electron chi connectivity index (χ3n) is 5.87. The van der Waals surface area contributed by atoms with Crippen LogP contribution < -0.4 is 0 Å². The Hall–Kier alpha value is -1.58. The first-order valence-electron chi connectivity index (χ1n) is 8.49. The van der Waals surface area contributed by atoms with Crippen molar-refractivity contribution in [2.24, 2.45) is 0 Å². The standard InChI is InChI=1S/C20H21ClFNO/c1-23-10-7-13-11-17(22)18(24)12-16(13)19(23)20(8-2-9-20)14-3-5-15(21)6-4-14/h3-6,11-12,19,24H,2,7-10H2,1H3. The van der Waals surface area contributed by atoms with E-state index in [0.29, 0.717) is 0 Å². The molecule has 1 unspecified atom stereocenters. The predicted molar refractivity (Wildman–Crippen MR) is 94.1 cm³/mol. The van der Waals surface area contributed by atoms with E-state index in [1.165, 1.54) is 18.1 Å². The summed E-state index contributed by atoms with van der Waals surface area (Å²) in [4.78, 5) is 2.35. The van der Waals surface area contributed by atoms with Crippen molar-refractivity contribution in [3.63, 3.8) is 0 Å². The first-order valence-corrected chi connectivity index (χ1v) is 8.87. The molecule has 2 aliphatic rings. The van der Waals surface area contributed by atoms with Crippen molar-refractivity contribution >= 4 is 11.6 Å². The number of aromatic hydroxyl groups is 1. The van der Waals surface area contributed by atoms with Gasteiger partial charge in [0.15, 0.2) is 11.6 Å². The van der Waals surface area contributed by atoms with Crippen molar-refractivity contribution in [2.45, 2.75) is 37.1 Å². The molecule has 0 radical (unpaired) electrons. The number of phenols is 1. The molecule has 1 fully saturated rings. The zero-order valence-corrected chi connectivity index (χ0v) is 14.5. The van der Waals surface area contributed by atoms with Crippen LogP contribution in [0.2, 0.25) is 5.02 Å². The summed E-state index contributed by atoms with van der Waals surface area (Å²) in [6, 6.07) is 11.4. The van der Waals surface area contributed by atoms with Gasteiger partial charge >= 0.3 is 0 Å². The van der Waals surface area contributed by atoms with Crippen LogP contribution >= 0.6 is 11.6 Å². The van der Waals surface area contributed by atoms with Crippen molar-refractivity contribution in [3.8, 4) is 5.75 Å². The summed E-state index contributed by atoms with van der Waals surface area (Å²) in [5.74, 6) is -0.772. The lowest BCUT2D eigenvalue weighted by atomic mass is 9.57. The molecule has 2 aromatic rings. The molecule has 0 bridgehead atoms. The minimum Gasteiger partial charge on any atom is -0.505 e. The normalized spacial score (nSPS) is 22.7. The quantitative estimate of drug-likeness (QED) is 0.842. The first-order chi connectivity index (χ1) is 11.5. The van der Waals surface area contributed by atoms with E-state index in [1.54, 1.807) is 6.07 Å². The van der Waals surface area contributed by atoms with Gasteiger partial charge in [0.25, 0.3) is 0 Å². The van der Waals surface area contributed by atoms with Crippen LogP contribution in [-0.4, -0.2) is 23.6 Å². The van der Waals surface area contributed by atoms with Crippen LogP contribution in [0.4, 0.5) is 4.39 Å². The van der Waals surface area contributed by atoms with Gasteiger partial charge in [-0.25, -0.2) is 4.39 Å². The highest BCUT2D eigenvalue weighted by molar-refractivity contribution is 6.30. The second kappa shape index (κ2) is 5.75. The van der Waals surface area contributed by atoms with Gasteiger partial charge in [0.1, 0.15) is 0 Å². The maximum Gasteiger partial charge on any atom is 0.165 e. The maximum absolute atomic E-state index is 13.8. The molecular formula is C20H21ClFNO. The molecule has 2 nitrogen and oxygen atoms in total. The Labute approximate surface area is 146 Å². The number of fused-ring (bicyclic) bond motifs is 1. The molecule has 4 rings (SSSR count). The molecule has 0 spiro atoms. The summed E-state index contributed by atoms with van der Waals surface area (Å²) in [5.41, 5.74) is 3.39. The van der Waals surface area contributed by atoms with Gasteiger partial charge in [-0.05, 0) is 67.3 Å². The number of rotatable bonds is 2. The Kier molecular flexibility index (Phi) is 3.81. The Balaban J connectivity index is 1.85. The molecule has 4 heteroatoms. The first kappa shape index (κ1) is 15.9. The van der Waals surface area contributed by atoms with Crippen LogP contribution in [0.3, 0.4) is 0 Å². The Morgan fingerprint density at radius 1 is 1.21 bits per heavy atom. The summed E-state index contributed by atoms with van der Waals surface area (Å²) >= 11 is 6.07. The molecule has 1 N–H and O–H groups in total. The molecular weight excluding hydrogens is 325 g/mol. The number of nitrogens with zero attached hydrogens (tertiary/aromatic N) is 1. The zero-order chi connectivity index (χ0) is 16.9. The van der Waals surface area contributed by atoms with Crippen LogP contribution in [-0.2, 0) is 11.8 Å². The average Bonchev–Trinajstić information content (AvgIpc) is 2.52. The monoisotopic (exact) mass is 345 g/mol. The molecule has 1 aliphatic carbocycles. The predicted octanol–water partition coefficient (Wildman–Crippen LogP) is 4.84. The number of hydrogen-bond donors (Lipinski definition) is 1. The molecule has 0 amide bonds.